The SMILES string of the molecule is CN(C)CCOC(=O)c1ccccc1O. The second-order valence-corrected chi connectivity index (χ2v) is 3.46. The summed E-state index contributed by atoms with van der Waals surface area (Å²) < 4.78 is 4.98. The smallest absolute Gasteiger partial charge is 0.341 e. The second-order valence-electron chi connectivity index (χ2n) is 3.46. The van der Waals surface area contributed by atoms with Crippen molar-refractivity contribution in [3.8, 4) is 5.75 Å². The van der Waals surface area contributed by atoms with Gasteiger partial charge in [0.2, 0.25) is 0 Å². The van der Waals surface area contributed by atoms with Crippen LogP contribution in [0.2, 0.25) is 0 Å². The molecule has 0 radical (unpaired) electrons. The van der Waals surface area contributed by atoms with Gasteiger partial charge in [-0.05, 0) is 26.2 Å². The van der Waals surface area contributed by atoms with E-state index < -0.39 is 5.97 Å². The van der Waals surface area contributed by atoms with Crippen LogP contribution in [0.15, 0.2) is 24.3 Å². The average molecular weight is 209 g/mol. The number of rotatable bonds is 4. The van der Waals surface area contributed by atoms with E-state index >= 15 is 0 Å². The Bertz CT molecular complexity index is 336. The Morgan fingerprint density at radius 2 is 2.07 bits per heavy atom. The molecule has 1 aromatic rings. The first-order valence-electron chi connectivity index (χ1n) is 4.71. The maximum absolute atomic E-state index is 11.4. The Kier molecular flexibility index (Phi) is 4.12. The van der Waals surface area contributed by atoms with Crippen LogP contribution in [0.4, 0.5) is 0 Å². The first kappa shape index (κ1) is 11.5. The van der Waals surface area contributed by atoms with Crippen LogP contribution in [0.25, 0.3) is 0 Å². The van der Waals surface area contributed by atoms with Gasteiger partial charge in [0.05, 0.1) is 0 Å². The lowest BCUT2D eigenvalue weighted by Gasteiger charge is -2.10. The molecule has 0 fully saturated rings. The molecule has 0 bridgehead atoms. The maximum atomic E-state index is 11.4. The number of likely N-dealkylation sites (N-methyl/N-ethyl adjacent to an activating group) is 1. The third kappa shape index (κ3) is 3.59. The molecule has 0 unspecified atom stereocenters. The van der Waals surface area contributed by atoms with Gasteiger partial charge in [0, 0.05) is 6.54 Å². The van der Waals surface area contributed by atoms with Crippen LogP contribution >= 0.6 is 0 Å². The van der Waals surface area contributed by atoms with Gasteiger partial charge >= 0.3 is 5.97 Å². The van der Waals surface area contributed by atoms with Crippen molar-refractivity contribution in [2.75, 3.05) is 27.2 Å². The number of esters is 1. The molecule has 0 heterocycles. The summed E-state index contributed by atoms with van der Waals surface area (Å²) in [7, 11) is 3.79. The molecular weight excluding hydrogens is 194 g/mol. The van der Waals surface area contributed by atoms with Gasteiger partial charge in [-0.25, -0.2) is 4.79 Å². The van der Waals surface area contributed by atoms with Gasteiger partial charge in [0.25, 0.3) is 0 Å². The monoisotopic (exact) mass is 209 g/mol. The number of hydrogen-bond acceptors (Lipinski definition) is 4. The Hall–Kier alpha value is -1.55. The van der Waals surface area contributed by atoms with Crippen LogP contribution in [0.3, 0.4) is 0 Å². The molecule has 1 aromatic carbocycles. The van der Waals surface area contributed by atoms with Crippen LogP contribution in [-0.4, -0.2) is 43.2 Å². The van der Waals surface area contributed by atoms with Crippen LogP contribution < -0.4 is 0 Å². The van der Waals surface area contributed by atoms with Gasteiger partial charge < -0.3 is 14.7 Å². The Labute approximate surface area is 89.1 Å². The van der Waals surface area contributed by atoms with Crippen molar-refractivity contribution < 1.29 is 14.6 Å². The largest absolute Gasteiger partial charge is 0.507 e. The summed E-state index contributed by atoms with van der Waals surface area (Å²) in [5.74, 6) is -0.540. The van der Waals surface area contributed by atoms with Crippen molar-refractivity contribution in [1.29, 1.82) is 0 Å². The lowest BCUT2D eigenvalue weighted by Crippen LogP contribution is -2.20. The predicted molar refractivity (Wildman–Crippen MR) is 56.9 cm³/mol. The summed E-state index contributed by atoms with van der Waals surface area (Å²) in [5, 5.41) is 9.38. The molecule has 1 rings (SSSR count). The molecule has 15 heavy (non-hydrogen) atoms. The van der Waals surface area contributed by atoms with Gasteiger partial charge in [0.15, 0.2) is 0 Å². The van der Waals surface area contributed by atoms with E-state index in [0.717, 1.165) is 0 Å². The van der Waals surface area contributed by atoms with E-state index in [1.165, 1.54) is 12.1 Å². The van der Waals surface area contributed by atoms with E-state index in [4.69, 9.17) is 4.74 Å². The number of phenolic OH excluding ortho intramolecular Hbond substituents is 1. The third-order valence-corrected chi connectivity index (χ3v) is 1.90. The Morgan fingerprint density at radius 1 is 1.40 bits per heavy atom. The van der Waals surface area contributed by atoms with Crippen molar-refractivity contribution in [2.45, 2.75) is 0 Å². The first-order chi connectivity index (χ1) is 7.11. The van der Waals surface area contributed by atoms with Crippen molar-refractivity contribution in [3.63, 3.8) is 0 Å². The molecule has 0 aliphatic rings. The third-order valence-electron chi connectivity index (χ3n) is 1.90. The maximum Gasteiger partial charge on any atom is 0.341 e. The zero-order valence-corrected chi connectivity index (χ0v) is 8.93. The fraction of sp³-hybridized carbons (Fsp3) is 0.364. The van der Waals surface area contributed by atoms with E-state index in [2.05, 4.69) is 0 Å². The number of carbonyl (C=O) groups excluding carboxylic acids is 1. The topological polar surface area (TPSA) is 49.8 Å². The van der Waals surface area contributed by atoms with E-state index in [-0.39, 0.29) is 11.3 Å². The minimum Gasteiger partial charge on any atom is -0.507 e. The highest BCUT2D eigenvalue weighted by atomic mass is 16.5. The number of benzene rings is 1. The highest BCUT2D eigenvalue weighted by Crippen LogP contribution is 2.16. The van der Waals surface area contributed by atoms with Gasteiger partial charge in [-0.1, -0.05) is 12.1 Å². The molecule has 0 spiro atoms. The molecule has 0 aromatic heterocycles. The first-order valence-corrected chi connectivity index (χ1v) is 4.71. The number of para-hydroxylation sites is 1. The number of carbonyl (C=O) groups is 1. The van der Waals surface area contributed by atoms with Crippen LogP contribution in [-0.2, 0) is 4.74 Å². The van der Waals surface area contributed by atoms with Crippen molar-refractivity contribution in [2.24, 2.45) is 0 Å². The van der Waals surface area contributed by atoms with E-state index in [9.17, 15) is 9.90 Å². The normalized spacial score (nSPS) is 10.3. The zero-order chi connectivity index (χ0) is 11.3. The summed E-state index contributed by atoms with van der Waals surface area (Å²) >= 11 is 0. The summed E-state index contributed by atoms with van der Waals surface area (Å²) in [6.45, 7) is 0.986. The van der Waals surface area contributed by atoms with Crippen LogP contribution in [0, 0.1) is 0 Å². The summed E-state index contributed by atoms with van der Waals surface area (Å²) in [6, 6.07) is 6.34. The standard InChI is InChI=1S/C11H15NO3/c1-12(2)7-8-15-11(14)9-5-3-4-6-10(9)13/h3-6,13H,7-8H2,1-2H3. The van der Waals surface area contributed by atoms with Gasteiger partial charge in [-0.15, -0.1) is 0 Å². The van der Waals surface area contributed by atoms with Crippen molar-refractivity contribution in [3.05, 3.63) is 29.8 Å². The Morgan fingerprint density at radius 3 is 2.67 bits per heavy atom. The fourth-order valence-corrected chi connectivity index (χ4v) is 1.04. The van der Waals surface area contributed by atoms with E-state index in [1.54, 1.807) is 12.1 Å². The number of ether oxygens (including phenoxy) is 1. The van der Waals surface area contributed by atoms with Gasteiger partial charge in [0.1, 0.15) is 17.9 Å². The number of aromatic hydroxyl groups is 1. The number of phenols is 1. The predicted octanol–water partition coefficient (Wildman–Crippen LogP) is 1.11. The molecule has 1 N–H and O–H groups in total. The van der Waals surface area contributed by atoms with Gasteiger partial charge in [-0.2, -0.15) is 0 Å². The minimum atomic E-state index is -0.491. The molecule has 4 nitrogen and oxygen atoms in total. The van der Waals surface area contributed by atoms with Crippen molar-refractivity contribution >= 4 is 5.97 Å². The second kappa shape index (κ2) is 5.36. The van der Waals surface area contributed by atoms with E-state index in [0.29, 0.717) is 13.2 Å². The molecule has 4 heteroatoms. The molecule has 0 saturated heterocycles. The fourth-order valence-electron chi connectivity index (χ4n) is 1.04. The Balaban J connectivity index is 2.51. The van der Waals surface area contributed by atoms with Crippen LogP contribution in [0.1, 0.15) is 10.4 Å². The molecular formula is C11H15NO3. The highest BCUT2D eigenvalue weighted by Gasteiger charge is 2.10. The average Bonchev–Trinajstić information content (AvgIpc) is 2.17. The molecule has 0 aliphatic heterocycles. The van der Waals surface area contributed by atoms with Crippen molar-refractivity contribution in [1.82, 2.24) is 4.90 Å². The number of hydrogen-bond donors (Lipinski definition) is 1. The summed E-state index contributed by atoms with van der Waals surface area (Å²) in [4.78, 5) is 13.4. The minimum absolute atomic E-state index is 0.0487. The van der Waals surface area contributed by atoms with Gasteiger partial charge in [-0.3, -0.25) is 0 Å². The molecule has 82 valence electrons. The molecule has 0 saturated carbocycles. The van der Waals surface area contributed by atoms with E-state index in [1.807, 2.05) is 19.0 Å². The highest BCUT2D eigenvalue weighted by molar-refractivity contribution is 5.92. The lowest BCUT2D eigenvalue weighted by molar-refractivity contribution is 0.0478. The van der Waals surface area contributed by atoms with Crippen LogP contribution in [0.5, 0.6) is 5.75 Å². The number of nitrogens with zero attached hydrogens (tertiary/aromatic N) is 1. The molecule has 0 amide bonds. The molecule has 0 atom stereocenters. The summed E-state index contributed by atoms with van der Waals surface area (Å²) in [5.41, 5.74) is 0.205. The lowest BCUT2D eigenvalue weighted by atomic mass is 10.2. The summed E-state index contributed by atoms with van der Waals surface area (Å²) in [6.07, 6.45) is 0. The zero-order valence-electron chi connectivity index (χ0n) is 8.93. The molecule has 0 aliphatic carbocycles. The quantitative estimate of drug-likeness (QED) is 0.755.